The number of halogens is 2. The fourth-order valence-corrected chi connectivity index (χ4v) is 2.61. The first-order valence-corrected chi connectivity index (χ1v) is 7.06. The van der Waals surface area contributed by atoms with Crippen LogP contribution in [0.2, 0.25) is 0 Å². The predicted molar refractivity (Wildman–Crippen MR) is 76.7 cm³/mol. The van der Waals surface area contributed by atoms with Crippen molar-refractivity contribution in [2.24, 2.45) is 0 Å². The molecule has 3 aromatic rings. The van der Waals surface area contributed by atoms with Gasteiger partial charge in [0, 0.05) is 11.5 Å². The van der Waals surface area contributed by atoms with E-state index in [-0.39, 0.29) is 17.2 Å². The molecule has 23 heavy (non-hydrogen) atoms. The minimum absolute atomic E-state index is 0.0265. The van der Waals surface area contributed by atoms with Gasteiger partial charge in [-0.25, -0.2) is 18.7 Å². The smallest absolute Gasteiger partial charge is 0.234 e. The highest BCUT2D eigenvalue weighted by Crippen LogP contribution is 2.44. The van der Waals surface area contributed by atoms with Crippen LogP contribution in [0.15, 0.2) is 36.7 Å². The topological polar surface area (TPSA) is 67.5 Å². The summed E-state index contributed by atoms with van der Waals surface area (Å²) >= 11 is 0. The van der Waals surface area contributed by atoms with Crippen LogP contribution in [-0.2, 0) is 0 Å². The Morgan fingerprint density at radius 3 is 2.65 bits per heavy atom. The van der Waals surface area contributed by atoms with E-state index in [2.05, 4.69) is 9.97 Å². The van der Waals surface area contributed by atoms with Crippen molar-refractivity contribution in [3.8, 4) is 5.75 Å². The van der Waals surface area contributed by atoms with Gasteiger partial charge >= 0.3 is 0 Å². The van der Waals surface area contributed by atoms with E-state index in [0.717, 1.165) is 12.4 Å². The Bertz CT molecular complexity index is 921. The summed E-state index contributed by atoms with van der Waals surface area (Å²) in [7, 11) is 0. The lowest BCUT2D eigenvalue weighted by molar-refractivity contribution is 0.103. The number of nitrogens with zero attached hydrogens (tertiary/aromatic N) is 3. The lowest BCUT2D eigenvalue weighted by Gasteiger charge is -2.04. The maximum atomic E-state index is 13.5. The molecule has 1 aromatic carbocycles. The number of alkyl halides is 1. The van der Waals surface area contributed by atoms with Crippen molar-refractivity contribution in [2.45, 2.75) is 18.5 Å². The molecule has 0 radical (unpaired) electrons. The van der Waals surface area contributed by atoms with Crippen LogP contribution in [0.25, 0.3) is 5.78 Å². The van der Waals surface area contributed by atoms with Gasteiger partial charge in [-0.3, -0.25) is 9.20 Å². The zero-order valence-corrected chi connectivity index (χ0v) is 11.8. The van der Waals surface area contributed by atoms with Crippen LogP contribution in [0.3, 0.4) is 0 Å². The highest BCUT2D eigenvalue weighted by atomic mass is 19.1. The number of aromatic hydroxyl groups is 1. The molecule has 4 rings (SSSR count). The van der Waals surface area contributed by atoms with E-state index in [1.165, 1.54) is 28.7 Å². The molecule has 0 aliphatic heterocycles. The number of aromatic nitrogens is 3. The first-order chi connectivity index (χ1) is 11.0. The molecule has 1 saturated carbocycles. The molecule has 1 aliphatic rings. The molecule has 2 aromatic heterocycles. The van der Waals surface area contributed by atoms with E-state index in [0.29, 0.717) is 17.7 Å². The minimum Gasteiger partial charge on any atom is -0.508 e. The number of hydrogen-bond acceptors (Lipinski definition) is 4. The maximum absolute atomic E-state index is 13.5. The van der Waals surface area contributed by atoms with Crippen LogP contribution in [-0.4, -0.2) is 31.4 Å². The third-order valence-electron chi connectivity index (χ3n) is 3.88. The second-order valence-corrected chi connectivity index (χ2v) is 5.52. The summed E-state index contributed by atoms with van der Waals surface area (Å²) in [5.41, 5.74) is 0.711. The molecule has 1 fully saturated rings. The summed E-state index contributed by atoms with van der Waals surface area (Å²) in [6.45, 7) is 0. The van der Waals surface area contributed by atoms with Crippen molar-refractivity contribution >= 4 is 11.6 Å². The van der Waals surface area contributed by atoms with Gasteiger partial charge in [-0.05, 0) is 30.7 Å². The van der Waals surface area contributed by atoms with E-state index in [9.17, 15) is 18.7 Å². The minimum atomic E-state index is -1.05. The Labute approximate surface area is 129 Å². The molecular formula is C16H11F2N3O2. The molecule has 116 valence electrons. The molecule has 5 nitrogen and oxygen atoms in total. The number of ketones is 1. The molecule has 0 spiro atoms. The Kier molecular flexibility index (Phi) is 2.90. The average Bonchev–Trinajstić information content (AvgIpc) is 3.14. The van der Waals surface area contributed by atoms with Crippen LogP contribution < -0.4 is 0 Å². The van der Waals surface area contributed by atoms with Gasteiger partial charge in [-0.2, -0.15) is 0 Å². The zero-order chi connectivity index (χ0) is 16.1. The van der Waals surface area contributed by atoms with E-state index in [1.807, 2.05) is 0 Å². The van der Waals surface area contributed by atoms with Gasteiger partial charge in [0.25, 0.3) is 0 Å². The summed E-state index contributed by atoms with van der Waals surface area (Å²) in [5, 5.41) is 9.33. The number of benzene rings is 1. The predicted octanol–water partition coefficient (Wildman–Crippen LogP) is 2.63. The van der Waals surface area contributed by atoms with Gasteiger partial charge in [0.2, 0.25) is 11.6 Å². The van der Waals surface area contributed by atoms with Crippen LogP contribution in [0.1, 0.15) is 34.1 Å². The number of phenols is 1. The monoisotopic (exact) mass is 315 g/mol. The third kappa shape index (κ3) is 2.25. The number of fused-ring (bicyclic) bond motifs is 1. The quantitative estimate of drug-likeness (QED) is 0.755. The van der Waals surface area contributed by atoms with E-state index in [4.69, 9.17) is 0 Å². The Morgan fingerprint density at radius 2 is 2.00 bits per heavy atom. The number of hydrogen-bond donors (Lipinski definition) is 1. The van der Waals surface area contributed by atoms with Gasteiger partial charge in [0.1, 0.15) is 17.6 Å². The molecule has 1 aliphatic carbocycles. The van der Waals surface area contributed by atoms with Crippen molar-refractivity contribution in [3.63, 3.8) is 0 Å². The Hall–Kier alpha value is -2.83. The van der Waals surface area contributed by atoms with Gasteiger partial charge in [0.15, 0.2) is 5.82 Å². The van der Waals surface area contributed by atoms with E-state index < -0.39 is 23.7 Å². The Balaban J connectivity index is 1.91. The maximum Gasteiger partial charge on any atom is 0.234 e. The lowest BCUT2D eigenvalue weighted by atomic mass is 10.0. The molecule has 0 bridgehead atoms. The van der Waals surface area contributed by atoms with Gasteiger partial charge < -0.3 is 5.11 Å². The molecule has 0 amide bonds. The molecule has 0 unspecified atom stereocenters. The SMILES string of the molecule is O=C(c1ccc(O)cc1)c1c([C@H]2C[C@@H]2F)nc2ncc(F)cn12. The van der Waals surface area contributed by atoms with Crippen molar-refractivity contribution < 1.29 is 18.7 Å². The normalized spacial score (nSPS) is 19.9. The number of rotatable bonds is 3. The largest absolute Gasteiger partial charge is 0.508 e. The summed E-state index contributed by atoms with van der Waals surface area (Å²) in [4.78, 5) is 20.8. The van der Waals surface area contributed by atoms with Crippen LogP contribution in [0.4, 0.5) is 8.78 Å². The molecule has 0 saturated heterocycles. The Morgan fingerprint density at radius 1 is 1.30 bits per heavy atom. The zero-order valence-electron chi connectivity index (χ0n) is 11.8. The van der Waals surface area contributed by atoms with Crippen molar-refractivity contribution in [2.75, 3.05) is 0 Å². The number of imidazole rings is 1. The van der Waals surface area contributed by atoms with Gasteiger partial charge in [-0.1, -0.05) is 0 Å². The third-order valence-corrected chi connectivity index (χ3v) is 3.88. The van der Waals surface area contributed by atoms with Gasteiger partial charge in [0.05, 0.1) is 18.1 Å². The van der Waals surface area contributed by atoms with Crippen LogP contribution in [0, 0.1) is 5.82 Å². The average molecular weight is 315 g/mol. The second kappa shape index (κ2) is 4.84. The molecule has 7 heteroatoms. The van der Waals surface area contributed by atoms with Gasteiger partial charge in [-0.15, -0.1) is 0 Å². The molecule has 2 atom stereocenters. The second-order valence-electron chi connectivity index (χ2n) is 5.52. The summed E-state index contributed by atoms with van der Waals surface area (Å²) < 4.78 is 28.2. The fraction of sp³-hybridized carbons (Fsp3) is 0.188. The lowest BCUT2D eigenvalue weighted by Crippen LogP contribution is -2.09. The number of carbonyl (C=O) groups excluding carboxylic acids is 1. The highest BCUT2D eigenvalue weighted by Gasteiger charge is 2.44. The molecule has 1 N–H and O–H groups in total. The van der Waals surface area contributed by atoms with E-state index in [1.54, 1.807) is 0 Å². The highest BCUT2D eigenvalue weighted by molar-refractivity contribution is 6.09. The summed E-state index contributed by atoms with van der Waals surface area (Å²) in [6, 6.07) is 5.66. The van der Waals surface area contributed by atoms with Crippen LogP contribution >= 0.6 is 0 Å². The summed E-state index contributed by atoms with van der Waals surface area (Å²) in [5.74, 6) is -1.31. The standard InChI is InChI=1S/C16H11F2N3O2/c17-9-6-19-16-20-13(11-5-12(11)18)14(21(16)7-9)15(23)8-1-3-10(22)4-2-8/h1-4,6-7,11-12,22H,5H2/t11-,12-/m0/s1. The molecule has 2 heterocycles. The fourth-order valence-electron chi connectivity index (χ4n) is 2.61. The number of carbonyl (C=O) groups is 1. The van der Waals surface area contributed by atoms with Crippen molar-refractivity contribution in [3.05, 3.63) is 59.4 Å². The van der Waals surface area contributed by atoms with Crippen molar-refractivity contribution in [1.82, 2.24) is 14.4 Å². The van der Waals surface area contributed by atoms with E-state index >= 15 is 0 Å². The first-order valence-electron chi connectivity index (χ1n) is 7.06. The molecular weight excluding hydrogens is 304 g/mol. The van der Waals surface area contributed by atoms with Crippen molar-refractivity contribution in [1.29, 1.82) is 0 Å². The number of phenolic OH excluding ortho intramolecular Hbond substituents is 1. The van der Waals surface area contributed by atoms with Crippen LogP contribution in [0.5, 0.6) is 5.75 Å². The first kappa shape index (κ1) is 13.8. The summed E-state index contributed by atoms with van der Waals surface area (Å²) in [6.07, 6.45) is 1.36.